The van der Waals surface area contributed by atoms with Gasteiger partial charge >= 0.3 is 0 Å². The molecule has 0 bridgehead atoms. The largest absolute Gasteiger partial charge is 0.358 e. The molecular weight excluding hydrogens is 426 g/mol. The summed E-state index contributed by atoms with van der Waals surface area (Å²) in [6.45, 7) is 2.47. The SMILES string of the molecule is Cc1ccc(S(=O)(=O)Nc2ccc(NC(=S)NCc3ccc(Cl)cc3)cc2)cc1. The second kappa shape index (κ2) is 9.26. The van der Waals surface area contributed by atoms with E-state index in [1.165, 1.54) is 0 Å². The number of rotatable bonds is 6. The number of aryl methyl sites for hydroxylation is 1. The zero-order valence-corrected chi connectivity index (χ0v) is 18.0. The van der Waals surface area contributed by atoms with Crippen LogP contribution in [0.25, 0.3) is 0 Å². The van der Waals surface area contributed by atoms with Gasteiger partial charge in [0.25, 0.3) is 10.0 Å². The fourth-order valence-corrected chi connectivity index (χ4v) is 3.89. The molecule has 3 aromatic carbocycles. The van der Waals surface area contributed by atoms with Crippen molar-refractivity contribution in [2.24, 2.45) is 0 Å². The van der Waals surface area contributed by atoms with Crippen LogP contribution in [0.3, 0.4) is 0 Å². The van der Waals surface area contributed by atoms with Crippen LogP contribution in [0, 0.1) is 6.92 Å². The highest BCUT2D eigenvalue weighted by Gasteiger charge is 2.13. The Labute approximate surface area is 181 Å². The summed E-state index contributed by atoms with van der Waals surface area (Å²) in [4.78, 5) is 0.220. The fourth-order valence-electron chi connectivity index (χ4n) is 2.51. The molecule has 150 valence electrons. The molecule has 0 aliphatic rings. The van der Waals surface area contributed by atoms with Crippen LogP contribution in [0.2, 0.25) is 5.02 Å². The van der Waals surface area contributed by atoms with Crippen molar-refractivity contribution in [3.63, 3.8) is 0 Å². The zero-order chi connectivity index (χ0) is 20.9. The van der Waals surface area contributed by atoms with E-state index < -0.39 is 10.0 Å². The van der Waals surface area contributed by atoms with E-state index in [-0.39, 0.29) is 4.90 Å². The van der Waals surface area contributed by atoms with Gasteiger partial charge in [0.15, 0.2) is 5.11 Å². The fraction of sp³-hybridized carbons (Fsp3) is 0.0952. The third-order valence-electron chi connectivity index (χ3n) is 4.09. The summed E-state index contributed by atoms with van der Waals surface area (Å²) in [5.74, 6) is 0. The number of halogens is 1. The average Bonchev–Trinajstić information content (AvgIpc) is 2.69. The first kappa shape index (κ1) is 21.1. The molecule has 0 fully saturated rings. The van der Waals surface area contributed by atoms with Crippen molar-refractivity contribution in [1.82, 2.24) is 5.32 Å². The molecule has 3 N–H and O–H groups in total. The highest BCUT2D eigenvalue weighted by Crippen LogP contribution is 2.19. The van der Waals surface area contributed by atoms with Crippen LogP contribution >= 0.6 is 23.8 Å². The summed E-state index contributed by atoms with van der Waals surface area (Å²) < 4.78 is 27.5. The first-order valence-electron chi connectivity index (χ1n) is 8.81. The van der Waals surface area contributed by atoms with Crippen LogP contribution in [-0.4, -0.2) is 13.5 Å². The Morgan fingerprint density at radius 1 is 0.897 bits per heavy atom. The summed E-state index contributed by atoms with van der Waals surface area (Å²) in [6, 6.07) is 21.0. The first-order chi connectivity index (χ1) is 13.8. The van der Waals surface area contributed by atoms with Crippen LogP contribution < -0.4 is 15.4 Å². The molecule has 5 nitrogen and oxygen atoms in total. The minimum Gasteiger partial charge on any atom is -0.358 e. The lowest BCUT2D eigenvalue weighted by atomic mass is 10.2. The van der Waals surface area contributed by atoms with E-state index in [4.69, 9.17) is 23.8 Å². The molecule has 0 saturated heterocycles. The summed E-state index contributed by atoms with van der Waals surface area (Å²) >= 11 is 11.2. The smallest absolute Gasteiger partial charge is 0.261 e. The van der Waals surface area contributed by atoms with Crippen molar-refractivity contribution in [3.8, 4) is 0 Å². The van der Waals surface area contributed by atoms with E-state index in [0.29, 0.717) is 22.4 Å². The second-order valence-corrected chi connectivity index (χ2v) is 8.96. The Bertz CT molecular complexity index is 1080. The predicted molar refractivity (Wildman–Crippen MR) is 123 cm³/mol. The molecule has 3 rings (SSSR count). The molecule has 0 radical (unpaired) electrons. The quantitative estimate of drug-likeness (QED) is 0.469. The number of thiocarbonyl (C=S) groups is 1. The van der Waals surface area contributed by atoms with E-state index >= 15 is 0 Å². The van der Waals surface area contributed by atoms with Crippen LogP contribution in [0.15, 0.2) is 77.7 Å². The molecule has 29 heavy (non-hydrogen) atoms. The topological polar surface area (TPSA) is 70.2 Å². The lowest BCUT2D eigenvalue weighted by Gasteiger charge is -2.12. The normalized spacial score (nSPS) is 11.0. The van der Waals surface area contributed by atoms with E-state index in [1.807, 2.05) is 31.2 Å². The maximum atomic E-state index is 12.5. The molecule has 3 aromatic rings. The molecule has 0 aliphatic carbocycles. The molecule has 8 heteroatoms. The number of anilines is 2. The van der Waals surface area contributed by atoms with Crippen LogP contribution in [-0.2, 0) is 16.6 Å². The number of benzene rings is 3. The zero-order valence-electron chi connectivity index (χ0n) is 15.6. The molecule has 0 amide bonds. The van der Waals surface area contributed by atoms with Gasteiger partial charge in [-0.2, -0.15) is 0 Å². The Hall–Kier alpha value is -2.61. The lowest BCUT2D eigenvalue weighted by Crippen LogP contribution is -2.27. The van der Waals surface area contributed by atoms with E-state index in [9.17, 15) is 8.42 Å². The standard InChI is InChI=1S/C21H20ClN3O2S2/c1-15-2-12-20(13-3-15)29(26,27)25-19-10-8-18(9-11-19)24-21(28)23-14-16-4-6-17(22)7-5-16/h2-13,25H,14H2,1H3,(H2,23,24,28). The van der Waals surface area contributed by atoms with Crippen molar-refractivity contribution < 1.29 is 8.42 Å². The molecular formula is C21H20ClN3O2S2. The van der Waals surface area contributed by atoms with Crippen LogP contribution in [0.5, 0.6) is 0 Å². The summed E-state index contributed by atoms with van der Waals surface area (Å²) in [7, 11) is -3.63. The maximum Gasteiger partial charge on any atom is 0.261 e. The summed E-state index contributed by atoms with van der Waals surface area (Å²) in [5, 5.41) is 7.33. The summed E-state index contributed by atoms with van der Waals surface area (Å²) in [5.41, 5.74) is 3.27. The molecule has 0 atom stereocenters. The summed E-state index contributed by atoms with van der Waals surface area (Å²) in [6.07, 6.45) is 0. The van der Waals surface area contributed by atoms with Gasteiger partial charge in [0, 0.05) is 22.9 Å². The second-order valence-electron chi connectivity index (χ2n) is 6.43. The van der Waals surface area contributed by atoms with Gasteiger partial charge in [-0.3, -0.25) is 4.72 Å². The third-order valence-corrected chi connectivity index (χ3v) is 5.99. The van der Waals surface area contributed by atoms with Crippen molar-refractivity contribution in [2.45, 2.75) is 18.4 Å². The van der Waals surface area contributed by atoms with Crippen molar-refractivity contribution >= 4 is 50.3 Å². The molecule has 0 heterocycles. The van der Waals surface area contributed by atoms with Gasteiger partial charge in [0.1, 0.15) is 0 Å². The van der Waals surface area contributed by atoms with Gasteiger partial charge in [-0.15, -0.1) is 0 Å². The van der Waals surface area contributed by atoms with Crippen LogP contribution in [0.4, 0.5) is 11.4 Å². The van der Waals surface area contributed by atoms with Crippen LogP contribution in [0.1, 0.15) is 11.1 Å². The molecule has 0 spiro atoms. The molecule has 0 aromatic heterocycles. The molecule has 0 unspecified atom stereocenters. The van der Waals surface area contributed by atoms with E-state index in [0.717, 1.165) is 16.8 Å². The number of sulfonamides is 1. The third kappa shape index (κ3) is 6.19. The Kier molecular flexibility index (Phi) is 6.74. The van der Waals surface area contributed by atoms with Crippen molar-refractivity contribution in [2.75, 3.05) is 10.0 Å². The van der Waals surface area contributed by atoms with Gasteiger partial charge < -0.3 is 10.6 Å². The number of nitrogens with one attached hydrogen (secondary N) is 3. The number of hydrogen-bond acceptors (Lipinski definition) is 3. The lowest BCUT2D eigenvalue weighted by molar-refractivity contribution is 0.601. The van der Waals surface area contributed by atoms with E-state index in [1.54, 1.807) is 48.5 Å². The average molecular weight is 446 g/mol. The minimum atomic E-state index is -3.63. The van der Waals surface area contributed by atoms with Crippen molar-refractivity contribution in [1.29, 1.82) is 0 Å². The predicted octanol–water partition coefficient (Wildman–Crippen LogP) is 4.94. The highest BCUT2D eigenvalue weighted by atomic mass is 35.5. The highest BCUT2D eigenvalue weighted by molar-refractivity contribution is 7.92. The maximum absolute atomic E-state index is 12.5. The Morgan fingerprint density at radius 3 is 2.10 bits per heavy atom. The van der Waals surface area contributed by atoms with Gasteiger partial charge in [0.2, 0.25) is 0 Å². The minimum absolute atomic E-state index is 0.220. The Balaban J connectivity index is 1.56. The monoisotopic (exact) mass is 445 g/mol. The van der Waals surface area contributed by atoms with Gasteiger partial charge in [-0.05, 0) is 73.2 Å². The molecule has 0 aliphatic heterocycles. The van der Waals surface area contributed by atoms with Gasteiger partial charge in [-0.25, -0.2) is 8.42 Å². The number of hydrogen-bond donors (Lipinski definition) is 3. The molecule has 0 saturated carbocycles. The first-order valence-corrected chi connectivity index (χ1v) is 11.1. The Morgan fingerprint density at radius 2 is 1.48 bits per heavy atom. The van der Waals surface area contributed by atoms with Crippen molar-refractivity contribution in [3.05, 3.63) is 88.9 Å². The van der Waals surface area contributed by atoms with Gasteiger partial charge in [-0.1, -0.05) is 41.4 Å². The van der Waals surface area contributed by atoms with Gasteiger partial charge in [0.05, 0.1) is 4.90 Å². The van der Waals surface area contributed by atoms with E-state index in [2.05, 4.69) is 15.4 Å².